The molecule has 0 aliphatic carbocycles. The number of aromatic nitrogens is 1. The number of hydrogen-bond acceptors (Lipinski definition) is 2. The van der Waals surface area contributed by atoms with Crippen molar-refractivity contribution in [1.29, 1.82) is 0 Å². The van der Waals surface area contributed by atoms with E-state index in [-0.39, 0.29) is 12.5 Å². The number of carbonyl (C=O) groups is 1. The quantitative estimate of drug-likeness (QED) is 0.823. The molecular formula is C17H24N2O2. The zero-order chi connectivity index (χ0) is 15.2. The fourth-order valence-corrected chi connectivity index (χ4v) is 2.77. The summed E-state index contributed by atoms with van der Waals surface area (Å²) in [7, 11) is 1.91. The molecule has 0 bridgehead atoms. The first-order chi connectivity index (χ1) is 10.2. The minimum Gasteiger partial charge on any atom is -0.396 e. The van der Waals surface area contributed by atoms with Crippen molar-refractivity contribution in [3.63, 3.8) is 0 Å². The molecule has 2 aromatic rings. The minimum absolute atomic E-state index is 0.0484. The van der Waals surface area contributed by atoms with E-state index in [0.29, 0.717) is 18.2 Å². The van der Waals surface area contributed by atoms with E-state index in [1.165, 1.54) is 0 Å². The molecule has 1 aromatic heterocycles. The monoisotopic (exact) mass is 288 g/mol. The van der Waals surface area contributed by atoms with Crippen LogP contribution in [0.5, 0.6) is 0 Å². The largest absolute Gasteiger partial charge is 0.396 e. The van der Waals surface area contributed by atoms with Crippen molar-refractivity contribution < 1.29 is 9.90 Å². The highest BCUT2D eigenvalue weighted by Crippen LogP contribution is 2.18. The van der Waals surface area contributed by atoms with Gasteiger partial charge in [-0.1, -0.05) is 31.5 Å². The second kappa shape index (κ2) is 7.27. The number of nitrogens with one attached hydrogen (secondary N) is 1. The molecule has 1 aromatic carbocycles. The van der Waals surface area contributed by atoms with Crippen LogP contribution in [-0.4, -0.2) is 28.7 Å². The number of hydrogen-bond donors (Lipinski definition) is 2. The Balaban J connectivity index is 2.06. The average molecular weight is 288 g/mol. The van der Waals surface area contributed by atoms with E-state index in [9.17, 15) is 4.79 Å². The van der Waals surface area contributed by atoms with Crippen molar-refractivity contribution in [2.75, 3.05) is 13.2 Å². The SMILES string of the molecule is CCCC(CCO)CNC(=O)c1cc2ccccc2n1C. The number of amides is 1. The van der Waals surface area contributed by atoms with Crippen LogP contribution in [0.1, 0.15) is 36.7 Å². The first-order valence-electron chi connectivity index (χ1n) is 7.60. The topological polar surface area (TPSA) is 54.3 Å². The maximum atomic E-state index is 12.4. The molecule has 0 radical (unpaired) electrons. The van der Waals surface area contributed by atoms with E-state index in [1.807, 2.05) is 41.9 Å². The molecule has 1 atom stereocenters. The van der Waals surface area contributed by atoms with E-state index in [1.54, 1.807) is 0 Å². The fourth-order valence-electron chi connectivity index (χ4n) is 2.77. The van der Waals surface area contributed by atoms with Crippen LogP contribution in [0.15, 0.2) is 30.3 Å². The lowest BCUT2D eigenvalue weighted by atomic mass is 10.0. The molecule has 4 nitrogen and oxygen atoms in total. The second-order valence-corrected chi connectivity index (χ2v) is 5.52. The van der Waals surface area contributed by atoms with Crippen LogP contribution in [-0.2, 0) is 7.05 Å². The van der Waals surface area contributed by atoms with Gasteiger partial charge in [0.25, 0.3) is 5.91 Å². The van der Waals surface area contributed by atoms with Gasteiger partial charge in [0.2, 0.25) is 0 Å². The van der Waals surface area contributed by atoms with Gasteiger partial charge in [-0.05, 0) is 30.9 Å². The van der Waals surface area contributed by atoms with E-state index < -0.39 is 0 Å². The number of nitrogens with zero attached hydrogens (tertiary/aromatic N) is 1. The zero-order valence-corrected chi connectivity index (χ0v) is 12.8. The van der Waals surface area contributed by atoms with Crippen LogP contribution < -0.4 is 5.32 Å². The van der Waals surface area contributed by atoms with E-state index >= 15 is 0 Å². The Hall–Kier alpha value is -1.81. The fraction of sp³-hybridized carbons (Fsp3) is 0.471. The van der Waals surface area contributed by atoms with E-state index in [2.05, 4.69) is 12.2 Å². The van der Waals surface area contributed by atoms with Gasteiger partial charge in [-0.25, -0.2) is 0 Å². The Bertz CT molecular complexity index is 598. The first-order valence-corrected chi connectivity index (χ1v) is 7.60. The van der Waals surface area contributed by atoms with Crippen molar-refractivity contribution in [2.24, 2.45) is 13.0 Å². The number of para-hydroxylation sites is 1. The van der Waals surface area contributed by atoms with Gasteiger partial charge >= 0.3 is 0 Å². The van der Waals surface area contributed by atoms with Gasteiger partial charge in [-0.3, -0.25) is 4.79 Å². The van der Waals surface area contributed by atoms with Gasteiger partial charge in [0.15, 0.2) is 0 Å². The highest BCUT2D eigenvalue weighted by atomic mass is 16.3. The third-order valence-corrected chi connectivity index (χ3v) is 3.97. The van der Waals surface area contributed by atoms with Crippen molar-refractivity contribution in [2.45, 2.75) is 26.2 Å². The van der Waals surface area contributed by atoms with Gasteiger partial charge in [-0.15, -0.1) is 0 Å². The van der Waals surface area contributed by atoms with Crippen molar-refractivity contribution >= 4 is 16.8 Å². The molecule has 114 valence electrons. The highest BCUT2D eigenvalue weighted by Gasteiger charge is 2.14. The second-order valence-electron chi connectivity index (χ2n) is 5.52. The van der Waals surface area contributed by atoms with Gasteiger partial charge in [0.1, 0.15) is 5.69 Å². The summed E-state index contributed by atoms with van der Waals surface area (Å²) in [6.07, 6.45) is 2.83. The highest BCUT2D eigenvalue weighted by molar-refractivity contribution is 5.98. The Kier molecular flexibility index (Phi) is 5.39. The summed E-state index contributed by atoms with van der Waals surface area (Å²) in [5, 5.41) is 13.1. The van der Waals surface area contributed by atoms with Gasteiger partial charge in [-0.2, -0.15) is 0 Å². The van der Waals surface area contributed by atoms with Crippen LogP contribution in [0.3, 0.4) is 0 Å². The number of carbonyl (C=O) groups excluding carboxylic acids is 1. The molecule has 0 saturated heterocycles. The molecule has 1 amide bonds. The molecule has 0 fully saturated rings. The van der Waals surface area contributed by atoms with E-state index in [0.717, 1.165) is 30.2 Å². The molecule has 21 heavy (non-hydrogen) atoms. The molecule has 1 heterocycles. The molecule has 2 N–H and O–H groups in total. The first kappa shape index (κ1) is 15.6. The summed E-state index contributed by atoms with van der Waals surface area (Å²) >= 11 is 0. The summed E-state index contributed by atoms with van der Waals surface area (Å²) in [5.41, 5.74) is 1.73. The molecule has 1 unspecified atom stereocenters. The number of benzene rings is 1. The molecule has 0 saturated carbocycles. The average Bonchev–Trinajstić information content (AvgIpc) is 2.83. The predicted molar refractivity (Wildman–Crippen MR) is 85.4 cm³/mol. The molecule has 0 spiro atoms. The summed E-state index contributed by atoms with van der Waals surface area (Å²) in [6, 6.07) is 9.89. The van der Waals surface area contributed by atoms with Crippen LogP contribution in [0.4, 0.5) is 0 Å². The predicted octanol–water partition coefficient (Wildman–Crippen LogP) is 2.71. The molecule has 2 rings (SSSR count). The molecule has 4 heteroatoms. The lowest BCUT2D eigenvalue weighted by Gasteiger charge is -2.15. The molecule has 0 aliphatic heterocycles. The maximum absolute atomic E-state index is 12.4. The number of aliphatic hydroxyl groups is 1. The molecule has 0 aliphatic rings. The third-order valence-electron chi connectivity index (χ3n) is 3.97. The third kappa shape index (κ3) is 3.64. The summed E-state index contributed by atoms with van der Waals surface area (Å²) in [4.78, 5) is 12.4. The zero-order valence-electron chi connectivity index (χ0n) is 12.8. The van der Waals surface area contributed by atoms with Crippen LogP contribution in [0, 0.1) is 5.92 Å². The lowest BCUT2D eigenvalue weighted by Crippen LogP contribution is -2.31. The maximum Gasteiger partial charge on any atom is 0.267 e. The van der Waals surface area contributed by atoms with Gasteiger partial charge in [0.05, 0.1) is 0 Å². The lowest BCUT2D eigenvalue weighted by molar-refractivity contribution is 0.0935. The standard InChI is InChI=1S/C17H24N2O2/c1-3-6-13(9-10-20)12-18-17(21)16-11-14-7-4-5-8-15(14)19(16)2/h4-5,7-8,11,13,20H,3,6,9-10,12H2,1-2H3,(H,18,21). The number of rotatable bonds is 7. The van der Waals surface area contributed by atoms with Crippen LogP contribution in [0.2, 0.25) is 0 Å². The Morgan fingerprint density at radius 3 is 2.76 bits per heavy atom. The summed E-state index contributed by atoms with van der Waals surface area (Å²) in [6.45, 7) is 2.92. The minimum atomic E-state index is -0.0484. The normalized spacial score (nSPS) is 12.5. The summed E-state index contributed by atoms with van der Waals surface area (Å²) < 4.78 is 1.92. The Labute approximate surface area is 125 Å². The Morgan fingerprint density at radius 1 is 1.33 bits per heavy atom. The van der Waals surface area contributed by atoms with Crippen molar-refractivity contribution in [3.8, 4) is 0 Å². The van der Waals surface area contributed by atoms with Crippen molar-refractivity contribution in [1.82, 2.24) is 9.88 Å². The smallest absolute Gasteiger partial charge is 0.267 e. The molecular weight excluding hydrogens is 264 g/mol. The van der Waals surface area contributed by atoms with Crippen LogP contribution >= 0.6 is 0 Å². The Morgan fingerprint density at radius 2 is 2.10 bits per heavy atom. The van der Waals surface area contributed by atoms with Crippen molar-refractivity contribution in [3.05, 3.63) is 36.0 Å². The van der Waals surface area contributed by atoms with Crippen LogP contribution in [0.25, 0.3) is 10.9 Å². The summed E-state index contributed by atoms with van der Waals surface area (Å²) in [5.74, 6) is 0.298. The number of aryl methyl sites for hydroxylation is 1. The number of aliphatic hydroxyl groups excluding tert-OH is 1. The van der Waals surface area contributed by atoms with Gasteiger partial charge < -0.3 is 15.0 Å². The number of fused-ring (bicyclic) bond motifs is 1. The van der Waals surface area contributed by atoms with E-state index in [4.69, 9.17) is 5.11 Å². The van der Waals surface area contributed by atoms with Gasteiger partial charge in [0, 0.05) is 31.1 Å².